The Morgan fingerprint density at radius 1 is 1.08 bits per heavy atom. The zero-order valence-electron chi connectivity index (χ0n) is 22.4. The predicted octanol–water partition coefficient (Wildman–Crippen LogP) is 3.29. The fourth-order valence-electron chi connectivity index (χ4n) is 4.95. The first-order valence-corrected chi connectivity index (χ1v) is 12.9. The number of likely N-dealkylation sites (N-methyl/N-ethyl adjacent to an activating group) is 1. The monoisotopic (exact) mass is 520 g/mol. The number of aromatic nitrogens is 5. The van der Waals surface area contributed by atoms with Crippen molar-refractivity contribution in [1.29, 1.82) is 0 Å². The van der Waals surface area contributed by atoms with Crippen LogP contribution in [0.1, 0.15) is 32.4 Å². The number of nitrogens with zero attached hydrogens (tertiary/aromatic N) is 7. The minimum atomic E-state index is -0.892. The number of halogens is 1. The average Bonchev–Trinajstić information content (AvgIpc) is 3.17. The van der Waals surface area contributed by atoms with Gasteiger partial charge in [-0.3, -0.25) is 9.59 Å². The molecule has 38 heavy (non-hydrogen) atoms. The van der Waals surface area contributed by atoms with Gasteiger partial charge in [0, 0.05) is 68.6 Å². The lowest BCUT2D eigenvalue weighted by Gasteiger charge is -2.35. The van der Waals surface area contributed by atoms with Crippen LogP contribution in [0.4, 0.5) is 21.7 Å². The van der Waals surface area contributed by atoms with Gasteiger partial charge in [-0.2, -0.15) is 4.98 Å². The summed E-state index contributed by atoms with van der Waals surface area (Å²) in [5.74, 6) is -0.583. The van der Waals surface area contributed by atoms with E-state index in [4.69, 9.17) is 0 Å². The molecular weight excluding hydrogens is 487 g/mol. The molecule has 4 heterocycles. The third-order valence-electron chi connectivity index (χ3n) is 7.06. The molecule has 11 heteroatoms. The lowest BCUT2D eigenvalue weighted by atomic mass is 10.1. The number of nitrogens with one attached hydrogen (secondary N) is 1. The van der Waals surface area contributed by atoms with Crippen molar-refractivity contribution in [2.24, 2.45) is 0 Å². The molecule has 0 bridgehead atoms. The third kappa shape index (κ3) is 4.58. The van der Waals surface area contributed by atoms with Crippen LogP contribution in [0.2, 0.25) is 0 Å². The molecule has 0 amide bonds. The maximum absolute atomic E-state index is 14.6. The van der Waals surface area contributed by atoms with Crippen molar-refractivity contribution < 1.29 is 4.39 Å². The summed E-state index contributed by atoms with van der Waals surface area (Å²) < 4.78 is 19.0. The largest absolute Gasteiger partial charge is 0.369 e. The normalized spacial score (nSPS) is 14.6. The molecule has 1 fully saturated rings. The summed E-state index contributed by atoms with van der Waals surface area (Å²) in [6.45, 7) is 11.9. The molecule has 1 aliphatic rings. The highest BCUT2D eigenvalue weighted by Crippen LogP contribution is 2.26. The fraction of sp³-hybridized carbons (Fsp3) is 0.407. The van der Waals surface area contributed by atoms with E-state index < -0.39 is 11.4 Å². The van der Waals surface area contributed by atoms with Crippen molar-refractivity contribution in [1.82, 2.24) is 28.8 Å². The Kier molecular flexibility index (Phi) is 6.78. The summed E-state index contributed by atoms with van der Waals surface area (Å²) in [7, 11) is 2.14. The van der Waals surface area contributed by atoms with Gasteiger partial charge >= 0.3 is 0 Å². The van der Waals surface area contributed by atoms with Gasteiger partial charge in [-0.25, -0.2) is 18.7 Å². The summed E-state index contributed by atoms with van der Waals surface area (Å²) in [4.78, 5) is 39.2. The topological polar surface area (TPSA) is 93.2 Å². The van der Waals surface area contributed by atoms with E-state index in [1.54, 1.807) is 24.7 Å². The van der Waals surface area contributed by atoms with Crippen LogP contribution in [0.15, 0.2) is 46.2 Å². The van der Waals surface area contributed by atoms with Crippen molar-refractivity contribution in [2.75, 3.05) is 43.4 Å². The number of benzene rings is 1. The molecule has 1 aromatic carbocycles. The van der Waals surface area contributed by atoms with Gasteiger partial charge in [0.15, 0.2) is 11.5 Å². The zero-order chi connectivity index (χ0) is 27.1. The Morgan fingerprint density at radius 2 is 1.82 bits per heavy atom. The number of aryl methyl sites for hydroxylation is 1. The molecule has 1 aliphatic heterocycles. The van der Waals surface area contributed by atoms with Crippen LogP contribution in [-0.2, 0) is 6.54 Å². The number of hydrogen-bond donors (Lipinski definition) is 1. The van der Waals surface area contributed by atoms with E-state index in [1.807, 2.05) is 13.0 Å². The van der Waals surface area contributed by atoms with Gasteiger partial charge in [0.1, 0.15) is 5.39 Å². The summed E-state index contributed by atoms with van der Waals surface area (Å²) in [5.41, 5.74) is 2.83. The Morgan fingerprint density at radius 3 is 2.47 bits per heavy atom. The van der Waals surface area contributed by atoms with E-state index >= 15 is 0 Å². The van der Waals surface area contributed by atoms with E-state index in [2.05, 4.69) is 51.2 Å². The van der Waals surface area contributed by atoms with Gasteiger partial charge in [-0.1, -0.05) is 0 Å². The van der Waals surface area contributed by atoms with Crippen LogP contribution in [0.25, 0.3) is 16.7 Å². The first-order valence-electron chi connectivity index (χ1n) is 12.9. The smallest absolute Gasteiger partial charge is 0.286 e. The molecule has 200 valence electrons. The number of anilines is 3. The van der Waals surface area contributed by atoms with Gasteiger partial charge in [0.05, 0.1) is 5.69 Å². The lowest BCUT2D eigenvalue weighted by Crippen LogP contribution is -2.44. The van der Waals surface area contributed by atoms with Gasteiger partial charge in [0.25, 0.3) is 11.1 Å². The predicted molar refractivity (Wildman–Crippen MR) is 148 cm³/mol. The van der Waals surface area contributed by atoms with Crippen molar-refractivity contribution >= 4 is 28.4 Å². The van der Waals surface area contributed by atoms with Crippen molar-refractivity contribution in [3.63, 3.8) is 0 Å². The molecule has 5 rings (SSSR count). The Hall–Kier alpha value is -3.99. The van der Waals surface area contributed by atoms with Crippen LogP contribution in [0.5, 0.6) is 0 Å². The second-order valence-electron chi connectivity index (χ2n) is 10.0. The average molecular weight is 521 g/mol. The molecule has 0 saturated carbocycles. The van der Waals surface area contributed by atoms with Crippen LogP contribution in [-0.4, -0.2) is 62.0 Å². The molecule has 4 aromatic rings. The maximum Gasteiger partial charge on any atom is 0.286 e. The van der Waals surface area contributed by atoms with E-state index in [0.717, 1.165) is 43.5 Å². The second kappa shape index (κ2) is 10.1. The summed E-state index contributed by atoms with van der Waals surface area (Å²) in [6, 6.07) is 7.03. The standard InChI is InChI=1S/C27H33FN8O2/c1-6-35-25(37)21-15-29-27(30-19-7-8-23(18(4)13-19)33-11-9-32(5)10-12-33)31-24(21)36(35)20-14-22(28)26(38)34(16-20)17(2)3/h7-8,13-17H,6,9-12H2,1-5H3,(H,29,30,31). The number of fused-ring (bicyclic) bond motifs is 1. The molecule has 1 N–H and O–H groups in total. The Balaban J connectivity index is 1.54. The second-order valence-corrected chi connectivity index (χ2v) is 10.0. The highest BCUT2D eigenvalue weighted by Gasteiger charge is 2.20. The van der Waals surface area contributed by atoms with Crippen LogP contribution in [0.3, 0.4) is 0 Å². The fourth-order valence-corrected chi connectivity index (χ4v) is 4.95. The molecule has 0 atom stereocenters. The molecule has 1 saturated heterocycles. The molecule has 0 radical (unpaired) electrons. The van der Waals surface area contributed by atoms with E-state index in [0.29, 0.717) is 29.2 Å². The number of pyridine rings is 1. The molecule has 0 aliphatic carbocycles. The molecule has 10 nitrogen and oxygen atoms in total. The summed E-state index contributed by atoms with van der Waals surface area (Å²) in [6.07, 6.45) is 3.03. The van der Waals surface area contributed by atoms with Gasteiger partial charge in [-0.15, -0.1) is 0 Å². The first-order chi connectivity index (χ1) is 18.2. The SMILES string of the molecule is CCn1c(=O)c2cnc(Nc3ccc(N4CCN(C)CC4)c(C)c3)nc2n1-c1cc(F)c(=O)n(C(C)C)c1. The minimum absolute atomic E-state index is 0.260. The molecule has 3 aromatic heterocycles. The van der Waals surface area contributed by atoms with Gasteiger partial charge in [-0.05, 0) is 58.5 Å². The minimum Gasteiger partial charge on any atom is -0.369 e. The Bertz CT molecular complexity index is 1610. The maximum atomic E-state index is 14.6. The third-order valence-corrected chi connectivity index (χ3v) is 7.06. The van der Waals surface area contributed by atoms with E-state index in [1.165, 1.54) is 21.1 Å². The van der Waals surface area contributed by atoms with E-state index in [-0.39, 0.29) is 11.6 Å². The zero-order valence-corrected chi connectivity index (χ0v) is 22.4. The van der Waals surface area contributed by atoms with Crippen molar-refractivity contribution in [2.45, 2.75) is 40.3 Å². The van der Waals surface area contributed by atoms with E-state index in [9.17, 15) is 14.0 Å². The number of hydrogen-bond acceptors (Lipinski definition) is 7. The molecular formula is C27H33FN8O2. The van der Waals surface area contributed by atoms with Gasteiger partial charge < -0.3 is 19.7 Å². The van der Waals surface area contributed by atoms with Crippen LogP contribution >= 0.6 is 0 Å². The quantitative estimate of drug-likeness (QED) is 0.417. The van der Waals surface area contributed by atoms with Crippen molar-refractivity contribution in [3.05, 3.63) is 68.7 Å². The number of piperazine rings is 1. The lowest BCUT2D eigenvalue weighted by molar-refractivity contribution is 0.312. The highest BCUT2D eigenvalue weighted by atomic mass is 19.1. The van der Waals surface area contributed by atoms with Crippen LogP contribution in [0, 0.1) is 12.7 Å². The Labute approximate surface area is 219 Å². The highest BCUT2D eigenvalue weighted by molar-refractivity contribution is 5.77. The molecule has 0 spiro atoms. The van der Waals surface area contributed by atoms with Gasteiger partial charge in [0.2, 0.25) is 5.95 Å². The van der Waals surface area contributed by atoms with Crippen molar-refractivity contribution in [3.8, 4) is 5.69 Å². The first kappa shape index (κ1) is 25.7. The van der Waals surface area contributed by atoms with Crippen LogP contribution < -0.4 is 21.3 Å². The number of rotatable bonds is 6. The summed E-state index contributed by atoms with van der Waals surface area (Å²) in [5, 5.41) is 3.55. The summed E-state index contributed by atoms with van der Waals surface area (Å²) >= 11 is 0. The molecule has 0 unspecified atom stereocenters.